The number of rotatable bonds is 3. The minimum absolute atomic E-state index is 0.0865. The molecule has 2 saturated carbocycles. The second-order valence-corrected chi connectivity index (χ2v) is 6.84. The van der Waals surface area contributed by atoms with Crippen LogP contribution in [0.25, 0.3) is 0 Å². The minimum Gasteiger partial charge on any atom is -0.467 e. The molecule has 0 aliphatic heterocycles. The number of fused-ring (bicyclic) bond motifs is 2. The van der Waals surface area contributed by atoms with Crippen LogP contribution < -0.4 is 5.32 Å². The molecule has 1 amide bonds. The second kappa shape index (κ2) is 4.21. The van der Waals surface area contributed by atoms with Gasteiger partial charge in [-0.05, 0) is 36.3 Å². The molecule has 108 valence electrons. The van der Waals surface area contributed by atoms with Gasteiger partial charge in [-0.15, -0.1) is 0 Å². The van der Waals surface area contributed by atoms with Gasteiger partial charge in [0.05, 0.1) is 12.8 Å². The molecule has 3 atom stereocenters. The number of ketones is 1. The third kappa shape index (κ3) is 1.60. The Morgan fingerprint density at radius 2 is 2.20 bits per heavy atom. The average molecular weight is 275 g/mol. The van der Waals surface area contributed by atoms with E-state index >= 15 is 0 Å². The molecule has 1 aromatic heterocycles. The summed E-state index contributed by atoms with van der Waals surface area (Å²) in [6.07, 6.45) is 3.45. The molecule has 2 aliphatic rings. The van der Waals surface area contributed by atoms with E-state index in [1.54, 1.807) is 12.3 Å². The Morgan fingerprint density at radius 1 is 1.45 bits per heavy atom. The molecule has 0 aromatic carbocycles. The zero-order valence-corrected chi connectivity index (χ0v) is 12.2. The number of hydrogen-bond acceptors (Lipinski definition) is 3. The zero-order chi connectivity index (χ0) is 14.5. The summed E-state index contributed by atoms with van der Waals surface area (Å²) in [4.78, 5) is 25.0. The Balaban J connectivity index is 1.75. The number of carbonyl (C=O) groups is 2. The van der Waals surface area contributed by atoms with Gasteiger partial charge in [-0.1, -0.05) is 20.8 Å². The largest absolute Gasteiger partial charge is 0.467 e. The fraction of sp³-hybridized carbons (Fsp3) is 0.625. The first-order valence-electron chi connectivity index (χ1n) is 7.22. The molecule has 2 aliphatic carbocycles. The number of furan rings is 1. The van der Waals surface area contributed by atoms with Crippen LogP contribution in [0.3, 0.4) is 0 Å². The van der Waals surface area contributed by atoms with E-state index in [0.717, 1.165) is 12.8 Å². The van der Waals surface area contributed by atoms with Crippen molar-refractivity contribution in [1.82, 2.24) is 5.32 Å². The van der Waals surface area contributed by atoms with E-state index in [1.807, 2.05) is 13.0 Å². The minimum atomic E-state index is -0.487. The molecule has 1 N–H and O–H groups in total. The van der Waals surface area contributed by atoms with Gasteiger partial charge < -0.3 is 9.73 Å². The van der Waals surface area contributed by atoms with E-state index in [2.05, 4.69) is 19.2 Å². The van der Waals surface area contributed by atoms with Crippen molar-refractivity contribution in [3.05, 3.63) is 24.2 Å². The quantitative estimate of drug-likeness (QED) is 0.862. The molecule has 0 radical (unpaired) electrons. The highest BCUT2D eigenvalue weighted by Gasteiger charge is 2.67. The molecule has 1 aromatic rings. The smallest absolute Gasteiger partial charge is 0.231 e. The van der Waals surface area contributed by atoms with Crippen molar-refractivity contribution in [1.29, 1.82) is 0 Å². The molecule has 0 spiro atoms. The van der Waals surface area contributed by atoms with Crippen LogP contribution in [0, 0.1) is 22.7 Å². The van der Waals surface area contributed by atoms with Gasteiger partial charge in [0.25, 0.3) is 0 Å². The molecule has 2 fully saturated rings. The van der Waals surface area contributed by atoms with Crippen LogP contribution in [0.1, 0.15) is 39.4 Å². The Labute approximate surface area is 118 Å². The summed E-state index contributed by atoms with van der Waals surface area (Å²) in [6, 6.07) is 3.60. The molecular formula is C16H21NO3. The number of carbonyl (C=O) groups excluding carboxylic acids is 2. The normalized spacial score (nSPS) is 34.5. The van der Waals surface area contributed by atoms with Gasteiger partial charge in [0.2, 0.25) is 5.91 Å². The van der Waals surface area contributed by atoms with Crippen LogP contribution in [-0.2, 0) is 16.1 Å². The maximum absolute atomic E-state index is 12.6. The number of amides is 1. The lowest BCUT2D eigenvalue weighted by atomic mass is 9.70. The first-order chi connectivity index (χ1) is 9.38. The van der Waals surface area contributed by atoms with E-state index in [-0.39, 0.29) is 28.4 Å². The molecule has 1 heterocycles. The lowest BCUT2D eigenvalue weighted by molar-refractivity contribution is -0.139. The Kier molecular flexibility index (Phi) is 2.82. The number of hydrogen-bond donors (Lipinski definition) is 1. The monoisotopic (exact) mass is 275 g/mol. The maximum atomic E-state index is 12.6. The summed E-state index contributed by atoms with van der Waals surface area (Å²) in [5, 5.41) is 2.84. The van der Waals surface area contributed by atoms with Crippen molar-refractivity contribution in [3.63, 3.8) is 0 Å². The van der Waals surface area contributed by atoms with Gasteiger partial charge in [0.1, 0.15) is 11.7 Å². The highest BCUT2D eigenvalue weighted by molar-refractivity contribution is 6.07. The van der Waals surface area contributed by atoms with Crippen molar-refractivity contribution < 1.29 is 14.0 Å². The predicted molar refractivity (Wildman–Crippen MR) is 73.7 cm³/mol. The van der Waals surface area contributed by atoms with Gasteiger partial charge in [-0.2, -0.15) is 0 Å². The van der Waals surface area contributed by atoms with Crippen LogP contribution in [0.2, 0.25) is 0 Å². The van der Waals surface area contributed by atoms with Crippen molar-refractivity contribution in [2.75, 3.05) is 0 Å². The zero-order valence-electron chi connectivity index (χ0n) is 12.2. The van der Waals surface area contributed by atoms with Gasteiger partial charge in [-0.25, -0.2) is 0 Å². The van der Waals surface area contributed by atoms with Gasteiger partial charge in [0, 0.05) is 5.41 Å². The molecular weight excluding hydrogens is 254 g/mol. The van der Waals surface area contributed by atoms with Crippen LogP contribution in [0.5, 0.6) is 0 Å². The first kappa shape index (κ1) is 13.4. The summed E-state index contributed by atoms with van der Waals surface area (Å²) in [6.45, 7) is 6.62. The van der Waals surface area contributed by atoms with Gasteiger partial charge in [0.15, 0.2) is 5.78 Å². The van der Waals surface area contributed by atoms with E-state index in [1.165, 1.54) is 0 Å². The Hall–Kier alpha value is -1.58. The Bertz CT molecular complexity index is 546. The van der Waals surface area contributed by atoms with Crippen molar-refractivity contribution >= 4 is 11.7 Å². The summed E-state index contributed by atoms with van der Waals surface area (Å²) in [7, 11) is 0. The topological polar surface area (TPSA) is 59.3 Å². The van der Waals surface area contributed by atoms with Gasteiger partial charge >= 0.3 is 0 Å². The van der Waals surface area contributed by atoms with Crippen LogP contribution >= 0.6 is 0 Å². The standard InChI is InChI=1S/C16H21NO3/c1-15(2)11-6-7-16(15,3)13(18)12(11)14(19)17-9-10-5-4-8-20-10/h4-5,8,11-12H,6-7,9H2,1-3H3,(H,17,19)/t11-,12+,16+/m0/s1. The lowest BCUT2D eigenvalue weighted by Crippen LogP contribution is -2.40. The highest BCUT2D eigenvalue weighted by atomic mass is 16.3. The lowest BCUT2D eigenvalue weighted by Gasteiger charge is -2.32. The maximum Gasteiger partial charge on any atom is 0.231 e. The van der Waals surface area contributed by atoms with E-state index in [0.29, 0.717) is 12.3 Å². The SMILES string of the molecule is CC1(C)[C@H]2CC[C@]1(C)C(=O)[C@@H]2C(=O)NCc1ccco1. The molecule has 0 unspecified atom stereocenters. The van der Waals surface area contributed by atoms with Crippen molar-refractivity contribution in [2.24, 2.45) is 22.7 Å². The highest BCUT2D eigenvalue weighted by Crippen LogP contribution is 2.65. The molecule has 4 nitrogen and oxygen atoms in total. The van der Waals surface area contributed by atoms with Crippen LogP contribution in [0.15, 0.2) is 22.8 Å². The third-order valence-electron chi connectivity index (χ3n) is 5.83. The molecule has 20 heavy (non-hydrogen) atoms. The first-order valence-corrected chi connectivity index (χ1v) is 7.22. The van der Waals surface area contributed by atoms with E-state index in [9.17, 15) is 9.59 Å². The predicted octanol–water partition coefficient (Wildman–Crippen LogP) is 2.54. The van der Waals surface area contributed by atoms with E-state index < -0.39 is 5.92 Å². The second-order valence-electron chi connectivity index (χ2n) is 6.84. The van der Waals surface area contributed by atoms with Crippen molar-refractivity contribution in [2.45, 2.75) is 40.2 Å². The molecule has 4 heteroatoms. The fourth-order valence-corrected chi connectivity index (χ4v) is 4.09. The summed E-state index contributed by atoms with van der Waals surface area (Å²) < 4.78 is 5.20. The summed E-state index contributed by atoms with van der Waals surface area (Å²) in [5.74, 6) is 0.360. The molecule has 3 rings (SSSR count). The summed E-state index contributed by atoms with van der Waals surface area (Å²) >= 11 is 0. The van der Waals surface area contributed by atoms with Crippen LogP contribution in [-0.4, -0.2) is 11.7 Å². The van der Waals surface area contributed by atoms with Gasteiger partial charge in [-0.3, -0.25) is 9.59 Å². The number of nitrogens with one attached hydrogen (secondary N) is 1. The molecule has 2 bridgehead atoms. The Morgan fingerprint density at radius 3 is 2.75 bits per heavy atom. The number of Topliss-reactive ketones (excluding diaryl/α,β-unsaturated/α-hetero) is 1. The van der Waals surface area contributed by atoms with Crippen LogP contribution in [0.4, 0.5) is 0 Å². The molecule has 0 saturated heterocycles. The van der Waals surface area contributed by atoms with E-state index in [4.69, 9.17) is 4.42 Å². The fourth-order valence-electron chi connectivity index (χ4n) is 4.09. The summed E-state index contributed by atoms with van der Waals surface area (Å²) in [5.41, 5.74) is -0.429. The average Bonchev–Trinajstić information content (AvgIpc) is 3.01. The third-order valence-corrected chi connectivity index (χ3v) is 5.83. The van der Waals surface area contributed by atoms with Crippen molar-refractivity contribution in [3.8, 4) is 0 Å².